The number of carbonyl (C=O) groups is 2. The first-order chi connectivity index (χ1) is 11.1. The molecule has 0 saturated carbocycles. The SMILES string of the molecule is CCOc1ccccc1NC(=O)CNc1ccc(C(C)=O)cc1. The number of benzene rings is 2. The van der Waals surface area contributed by atoms with Gasteiger partial charge in [0.15, 0.2) is 5.78 Å². The third-order valence-corrected chi connectivity index (χ3v) is 3.21. The molecule has 5 heteroatoms. The normalized spacial score (nSPS) is 10.0. The highest BCUT2D eigenvalue weighted by molar-refractivity contribution is 5.96. The lowest BCUT2D eigenvalue weighted by Gasteiger charge is -2.12. The van der Waals surface area contributed by atoms with Crippen LogP contribution in [0.4, 0.5) is 11.4 Å². The predicted octanol–water partition coefficient (Wildman–Crippen LogP) is 3.34. The highest BCUT2D eigenvalue weighted by Gasteiger charge is 2.07. The highest BCUT2D eigenvalue weighted by Crippen LogP contribution is 2.23. The van der Waals surface area contributed by atoms with E-state index in [1.54, 1.807) is 30.3 Å². The fourth-order valence-electron chi connectivity index (χ4n) is 2.05. The Morgan fingerprint density at radius 1 is 1.04 bits per heavy atom. The zero-order valence-electron chi connectivity index (χ0n) is 13.3. The van der Waals surface area contributed by atoms with E-state index in [1.807, 2.05) is 25.1 Å². The summed E-state index contributed by atoms with van der Waals surface area (Å²) in [5.41, 5.74) is 2.07. The summed E-state index contributed by atoms with van der Waals surface area (Å²) in [6.07, 6.45) is 0. The molecule has 0 bridgehead atoms. The molecule has 0 fully saturated rings. The molecule has 0 saturated heterocycles. The van der Waals surface area contributed by atoms with E-state index < -0.39 is 0 Å². The second kappa shape index (κ2) is 7.98. The number of para-hydroxylation sites is 2. The minimum Gasteiger partial charge on any atom is -0.492 e. The van der Waals surface area contributed by atoms with Crippen molar-refractivity contribution in [3.05, 3.63) is 54.1 Å². The molecule has 120 valence electrons. The van der Waals surface area contributed by atoms with Crippen molar-refractivity contribution in [3.8, 4) is 5.75 Å². The molecular weight excluding hydrogens is 292 g/mol. The van der Waals surface area contributed by atoms with Gasteiger partial charge in [0.05, 0.1) is 18.8 Å². The summed E-state index contributed by atoms with van der Waals surface area (Å²) >= 11 is 0. The van der Waals surface area contributed by atoms with Crippen molar-refractivity contribution in [1.82, 2.24) is 0 Å². The number of rotatable bonds is 7. The average Bonchev–Trinajstić information content (AvgIpc) is 2.55. The summed E-state index contributed by atoms with van der Waals surface area (Å²) in [7, 11) is 0. The van der Waals surface area contributed by atoms with E-state index in [9.17, 15) is 9.59 Å². The molecule has 23 heavy (non-hydrogen) atoms. The number of anilines is 2. The summed E-state index contributed by atoms with van der Waals surface area (Å²) in [5, 5.41) is 5.83. The number of hydrogen-bond acceptors (Lipinski definition) is 4. The van der Waals surface area contributed by atoms with Crippen LogP contribution >= 0.6 is 0 Å². The standard InChI is InChI=1S/C18H20N2O3/c1-3-23-17-7-5-4-6-16(17)20-18(22)12-19-15-10-8-14(9-11-15)13(2)21/h4-11,19H,3,12H2,1-2H3,(H,20,22). The molecule has 2 rings (SSSR count). The minimum absolute atomic E-state index is 0.0156. The molecule has 0 atom stereocenters. The molecule has 1 amide bonds. The summed E-state index contributed by atoms with van der Waals surface area (Å²) in [6.45, 7) is 4.07. The summed E-state index contributed by atoms with van der Waals surface area (Å²) in [4.78, 5) is 23.2. The molecule has 0 aliphatic rings. The van der Waals surface area contributed by atoms with Crippen LogP contribution in [0, 0.1) is 0 Å². The van der Waals surface area contributed by atoms with E-state index in [4.69, 9.17) is 4.74 Å². The zero-order chi connectivity index (χ0) is 16.7. The van der Waals surface area contributed by atoms with Crippen LogP contribution in [0.15, 0.2) is 48.5 Å². The Balaban J connectivity index is 1.91. The first kappa shape index (κ1) is 16.5. The van der Waals surface area contributed by atoms with Gasteiger partial charge in [-0.3, -0.25) is 9.59 Å². The largest absolute Gasteiger partial charge is 0.492 e. The quantitative estimate of drug-likeness (QED) is 0.770. The van der Waals surface area contributed by atoms with E-state index >= 15 is 0 Å². The first-order valence-corrected chi connectivity index (χ1v) is 7.46. The van der Waals surface area contributed by atoms with Crippen molar-refractivity contribution < 1.29 is 14.3 Å². The van der Waals surface area contributed by atoms with E-state index in [2.05, 4.69) is 10.6 Å². The van der Waals surface area contributed by atoms with E-state index in [0.29, 0.717) is 23.6 Å². The van der Waals surface area contributed by atoms with Gasteiger partial charge < -0.3 is 15.4 Å². The van der Waals surface area contributed by atoms with Crippen LogP contribution in [0.3, 0.4) is 0 Å². The average molecular weight is 312 g/mol. The Bertz CT molecular complexity index is 681. The van der Waals surface area contributed by atoms with Crippen LogP contribution in [0.25, 0.3) is 0 Å². The van der Waals surface area contributed by atoms with Gasteiger partial charge in [-0.25, -0.2) is 0 Å². The lowest BCUT2D eigenvalue weighted by molar-refractivity contribution is -0.114. The lowest BCUT2D eigenvalue weighted by atomic mass is 10.1. The molecule has 2 aromatic rings. The molecule has 0 aliphatic carbocycles. The third kappa shape index (κ3) is 4.85. The van der Waals surface area contributed by atoms with Crippen molar-refractivity contribution in [3.63, 3.8) is 0 Å². The Morgan fingerprint density at radius 2 is 1.74 bits per heavy atom. The maximum atomic E-state index is 12.0. The fraction of sp³-hybridized carbons (Fsp3) is 0.222. The van der Waals surface area contributed by atoms with Gasteiger partial charge in [-0.2, -0.15) is 0 Å². The second-order valence-corrected chi connectivity index (χ2v) is 4.96. The van der Waals surface area contributed by atoms with Gasteiger partial charge >= 0.3 is 0 Å². The number of hydrogen-bond donors (Lipinski definition) is 2. The topological polar surface area (TPSA) is 67.4 Å². The predicted molar refractivity (Wildman–Crippen MR) is 91.2 cm³/mol. The van der Waals surface area contributed by atoms with Gasteiger partial charge in [-0.05, 0) is 50.2 Å². The third-order valence-electron chi connectivity index (χ3n) is 3.21. The maximum absolute atomic E-state index is 12.0. The molecule has 2 aromatic carbocycles. The van der Waals surface area contributed by atoms with Crippen molar-refractivity contribution in [1.29, 1.82) is 0 Å². The number of Topliss-reactive ketones (excluding diaryl/α,β-unsaturated/α-hetero) is 1. The van der Waals surface area contributed by atoms with Gasteiger partial charge in [0, 0.05) is 11.3 Å². The number of nitrogens with one attached hydrogen (secondary N) is 2. The molecule has 0 aromatic heterocycles. The van der Waals surface area contributed by atoms with Crippen LogP contribution < -0.4 is 15.4 Å². The molecule has 5 nitrogen and oxygen atoms in total. The molecule has 0 radical (unpaired) electrons. The Labute approximate surface area is 135 Å². The lowest BCUT2D eigenvalue weighted by Crippen LogP contribution is -2.22. The first-order valence-electron chi connectivity index (χ1n) is 7.46. The second-order valence-electron chi connectivity index (χ2n) is 4.96. The summed E-state index contributed by atoms with van der Waals surface area (Å²) in [5.74, 6) is 0.490. The summed E-state index contributed by atoms with van der Waals surface area (Å²) < 4.78 is 5.47. The van der Waals surface area contributed by atoms with Crippen LogP contribution in [0.5, 0.6) is 5.75 Å². The molecule has 0 spiro atoms. The van der Waals surface area contributed by atoms with Gasteiger partial charge in [0.25, 0.3) is 0 Å². The molecule has 0 unspecified atom stereocenters. The van der Waals surface area contributed by atoms with Gasteiger partial charge in [0.2, 0.25) is 5.91 Å². The van der Waals surface area contributed by atoms with Crippen LogP contribution in [-0.4, -0.2) is 24.8 Å². The van der Waals surface area contributed by atoms with Gasteiger partial charge in [-0.1, -0.05) is 12.1 Å². The van der Waals surface area contributed by atoms with Crippen molar-refractivity contribution in [2.24, 2.45) is 0 Å². The highest BCUT2D eigenvalue weighted by atomic mass is 16.5. The fourth-order valence-corrected chi connectivity index (χ4v) is 2.05. The zero-order valence-corrected chi connectivity index (χ0v) is 13.3. The van der Waals surface area contributed by atoms with Gasteiger partial charge in [-0.15, -0.1) is 0 Å². The number of carbonyl (C=O) groups excluding carboxylic acids is 2. The van der Waals surface area contributed by atoms with Crippen molar-refractivity contribution in [2.45, 2.75) is 13.8 Å². The molecule has 0 heterocycles. The van der Waals surface area contributed by atoms with Crippen LogP contribution in [-0.2, 0) is 4.79 Å². The smallest absolute Gasteiger partial charge is 0.243 e. The van der Waals surface area contributed by atoms with Crippen LogP contribution in [0.2, 0.25) is 0 Å². The minimum atomic E-state index is -0.173. The molecule has 0 aliphatic heterocycles. The van der Waals surface area contributed by atoms with Gasteiger partial charge in [0.1, 0.15) is 5.75 Å². The number of ketones is 1. The monoisotopic (exact) mass is 312 g/mol. The Morgan fingerprint density at radius 3 is 2.39 bits per heavy atom. The maximum Gasteiger partial charge on any atom is 0.243 e. The van der Waals surface area contributed by atoms with Crippen LogP contribution in [0.1, 0.15) is 24.2 Å². The van der Waals surface area contributed by atoms with Crippen molar-refractivity contribution in [2.75, 3.05) is 23.8 Å². The van der Waals surface area contributed by atoms with E-state index in [1.165, 1.54) is 6.92 Å². The number of ether oxygens (including phenoxy) is 1. The summed E-state index contributed by atoms with van der Waals surface area (Å²) in [6, 6.07) is 14.3. The molecule has 2 N–H and O–H groups in total. The van der Waals surface area contributed by atoms with E-state index in [0.717, 1.165) is 5.69 Å². The Hall–Kier alpha value is -2.82. The number of amides is 1. The van der Waals surface area contributed by atoms with E-state index in [-0.39, 0.29) is 18.2 Å². The molecular formula is C18H20N2O3. The Kier molecular flexibility index (Phi) is 5.74. The van der Waals surface area contributed by atoms with Crippen molar-refractivity contribution >= 4 is 23.1 Å².